The van der Waals surface area contributed by atoms with Gasteiger partial charge in [0, 0.05) is 35.9 Å². The van der Waals surface area contributed by atoms with E-state index >= 15 is 0 Å². The van der Waals surface area contributed by atoms with Crippen molar-refractivity contribution >= 4 is 90.3 Å². The van der Waals surface area contributed by atoms with Gasteiger partial charge in [-0.25, -0.2) is 26.8 Å². The fraction of sp³-hybridized carbons (Fsp3) is 0.174. The number of anilines is 3. The summed E-state index contributed by atoms with van der Waals surface area (Å²) in [7, 11) is -3.89. The monoisotopic (exact) mass is 893 g/mol. The zero-order valence-electron chi connectivity index (χ0n) is 34.0. The van der Waals surface area contributed by atoms with Crippen molar-refractivity contribution < 1.29 is 16.8 Å². The van der Waals surface area contributed by atoms with Crippen LogP contribution in [0.25, 0.3) is 20.2 Å². The molecule has 0 saturated carbocycles. The van der Waals surface area contributed by atoms with Crippen LogP contribution in [0.4, 0.5) is 15.8 Å². The van der Waals surface area contributed by atoms with Gasteiger partial charge < -0.3 is 4.90 Å². The van der Waals surface area contributed by atoms with Gasteiger partial charge in [-0.15, -0.1) is 22.7 Å². The van der Waals surface area contributed by atoms with E-state index < -0.39 is 20.0 Å². The molecular formula is C46H44ClN5O4S4. The Balaban J connectivity index is 0.000000182. The second-order valence-electron chi connectivity index (χ2n) is 14.6. The van der Waals surface area contributed by atoms with Crippen LogP contribution in [-0.4, -0.2) is 40.9 Å². The Morgan fingerprint density at radius 3 is 1.32 bits per heavy atom. The first-order valence-corrected chi connectivity index (χ1v) is 23.9. The van der Waals surface area contributed by atoms with Gasteiger partial charge in [0.2, 0.25) is 0 Å². The van der Waals surface area contributed by atoms with Crippen molar-refractivity contribution in [3.05, 3.63) is 172 Å². The van der Waals surface area contributed by atoms with Crippen molar-refractivity contribution in [1.29, 1.82) is 0 Å². The number of hydrogen-bond acceptors (Lipinski definition) is 9. The molecule has 0 aliphatic rings. The summed E-state index contributed by atoms with van der Waals surface area (Å²) in [4.78, 5) is 10.4. The molecule has 4 aromatic heterocycles. The molecule has 0 N–H and O–H groups in total. The molecule has 8 rings (SSSR count). The van der Waals surface area contributed by atoms with Crippen molar-refractivity contribution in [2.75, 3.05) is 27.6 Å². The SMILES string of the molecule is Cc1ccc(CN(c2sc3ccccc3c2C)S(=O)(=O)c2ccc(Cl)nc2)cc1.Cc1ccc(CN(c2sc3ccccc3c2C)S(=O)(=O)c2ccc(N(C)C)nc2)cc1. The summed E-state index contributed by atoms with van der Waals surface area (Å²) in [6.07, 6.45) is 2.75. The molecule has 4 heterocycles. The van der Waals surface area contributed by atoms with E-state index in [4.69, 9.17) is 11.6 Å². The lowest BCUT2D eigenvalue weighted by molar-refractivity contribution is 0.588. The predicted molar refractivity (Wildman–Crippen MR) is 250 cm³/mol. The summed E-state index contributed by atoms with van der Waals surface area (Å²) in [6.45, 7) is 8.47. The first kappa shape index (κ1) is 42.8. The largest absolute Gasteiger partial charge is 0.363 e. The topological polar surface area (TPSA) is 104 Å². The van der Waals surface area contributed by atoms with E-state index in [1.165, 1.54) is 55.8 Å². The van der Waals surface area contributed by atoms with Crippen LogP contribution < -0.4 is 13.5 Å². The van der Waals surface area contributed by atoms with Crippen molar-refractivity contribution in [2.24, 2.45) is 0 Å². The number of sulfonamides is 2. The number of rotatable bonds is 11. The molecule has 14 heteroatoms. The first-order chi connectivity index (χ1) is 28.6. The Bertz CT molecular complexity index is 2990. The first-order valence-electron chi connectivity index (χ1n) is 19.0. The summed E-state index contributed by atoms with van der Waals surface area (Å²) in [5.74, 6) is 0.710. The van der Waals surface area contributed by atoms with E-state index in [0.29, 0.717) is 10.8 Å². The molecular weight excluding hydrogens is 850 g/mol. The number of pyridine rings is 2. The average Bonchev–Trinajstić information content (AvgIpc) is 3.76. The molecule has 9 nitrogen and oxygen atoms in total. The van der Waals surface area contributed by atoms with Crippen LogP contribution in [-0.2, 0) is 33.1 Å². The minimum absolute atomic E-state index is 0.117. The highest BCUT2D eigenvalue weighted by Gasteiger charge is 2.30. The van der Waals surface area contributed by atoms with E-state index in [9.17, 15) is 16.8 Å². The lowest BCUT2D eigenvalue weighted by Crippen LogP contribution is -2.30. The van der Waals surface area contributed by atoms with E-state index in [1.807, 2.05) is 144 Å². The Morgan fingerprint density at radius 2 is 0.950 bits per heavy atom. The molecule has 0 unspecified atom stereocenters. The summed E-state index contributed by atoms with van der Waals surface area (Å²) in [5.41, 5.74) is 6.03. The van der Waals surface area contributed by atoms with Gasteiger partial charge in [0.15, 0.2) is 0 Å². The third kappa shape index (κ3) is 9.05. The maximum absolute atomic E-state index is 13.8. The molecule has 0 saturated heterocycles. The predicted octanol–water partition coefficient (Wildman–Crippen LogP) is 11.3. The van der Waals surface area contributed by atoms with Crippen LogP contribution >= 0.6 is 34.3 Å². The minimum atomic E-state index is -3.83. The number of thiophene rings is 2. The van der Waals surface area contributed by atoms with Crippen molar-refractivity contribution in [3.63, 3.8) is 0 Å². The van der Waals surface area contributed by atoms with E-state index in [-0.39, 0.29) is 28.0 Å². The Morgan fingerprint density at radius 1 is 0.533 bits per heavy atom. The van der Waals surface area contributed by atoms with Gasteiger partial charge in [0.05, 0.1) is 13.1 Å². The molecule has 60 heavy (non-hydrogen) atoms. The van der Waals surface area contributed by atoms with Gasteiger partial charge in [-0.05, 0) is 97.1 Å². The van der Waals surface area contributed by atoms with Gasteiger partial charge >= 0.3 is 0 Å². The van der Waals surface area contributed by atoms with Crippen molar-refractivity contribution in [1.82, 2.24) is 9.97 Å². The molecule has 0 aliphatic carbocycles. The fourth-order valence-electron chi connectivity index (χ4n) is 6.61. The van der Waals surface area contributed by atoms with Crippen LogP contribution in [0, 0.1) is 27.7 Å². The molecule has 0 spiro atoms. The molecule has 4 aromatic carbocycles. The number of nitrogens with zero attached hydrogens (tertiary/aromatic N) is 5. The van der Waals surface area contributed by atoms with Gasteiger partial charge in [0.1, 0.15) is 30.8 Å². The normalized spacial score (nSPS) is 11.7. The van der Waals surface area contributed by atoms with Crippen LogP contribution in [0.2, 0.25) is 5.15 Å². The van der Waals surface area contributed by atoms with Gasteiger partial charge in [0.25, 0.3) is 20.0 Å². The molecule has 0 amide bonds. The molecule has 0 atom stereocenters. The van der Waals surface area contributed by atoms with Crippen LogP contribution in [0.3, 0.4) is 0 Å². The molecule has 0 fully saturated rings. The highest BCUT2D eigenvalue weighted by Crippen LogP contribution is 2.42. The zero-order valence-corrected chi connectivity index (χ0v) is 38.0. The molecule has 308 valence electrons. The maximum Gasteiger partial charge on any atom is 0.266 e. The van der Waals surface area contributed by atoms with Gasteiger partial charge in [-0.2, -0.15) is 0 Å². The number of benzene rings is 4. The summed E-state index contributed by atoms with van der Waals surface area (Å²) < 4.78 is 59.9. The average molecular weight is 895 g/mol. The Labute approximate surface area is 365 Å². The highest BCUT2D eigenvalue weighted by molar-refractivity contribution is 7.93. The summed E-state index contributed by atoms with van der Waals surface area (Å²) in [6, 6.07) is 38.2. The summed E-state index contributed by atoms with van der Waals surface area (Å²) >= 11 is 8.85. The second kappa shape index (κ2) is 17.7. The Kier molecular flexibility index (Phi) is 12.6. The molecule has 0 aliphatic heterocycles. The zero-order chi connectivity index (χ0) is 42.8. The lowest BCUT2D eigenvalue weighted by atomic mass is 10.1. The van der Waals surface area contributed by atoms with Crippen molar-refractivity contribution in [2.45, 2.75) is 50.6 Å². The van der Waals surface area contributed by atoms with Crippen molar-refractivity contribution in [3.8, 4) is 0 Å². The molecule has 0 bridgehead atoms. The quantitative estimate of drug-likeness (QED) is 0.119. The maximum atomic E-state index is 13.8. The van der Waals surface area contributed by atoms with E-state index in [0.717, 1.165) is 58.6 Å². The standard InChI is InChI=1S/C24H25N3O2S2.C22H19ClN2O2S2/c1-17-9-11-19(12-10-17)16-27(24-18(2)21-7-5-6-8-22(21)30-24)31(28,29)20-13-14-23(25-15-20)26(3)4;1-15-7-9-17(10-8-15)14-25(29(26,27)18-11-12-21(23)24-13-18)22-16(2)19-5-3-4-6-20(19)28-22/h5-15H,16H2,1-4H3;3-13H,14H2,1-2H3. The summed E-state index contributed by atoms with van der Waals surface area (Å²) in [5, 5.41) is 3.84. The van der Waals surface area contributed by atoms with Crippen LogP contribution in [0.1, 0.15) is 33.4 Å². The van der Waals surface area contributed by atoms with Crippen LogP contribution in [0.5, 0.6) is 0 Å². The second-order valence-corrected chi connectivity index (χ2v) is 20.8. The van der Waals surface area contributed by atoms with E-state index in [2.05, 4.69) is 9.97 Å². The lowest BCUT2D eigenvalue weighted by Gasteiger charge is -2.24. The third-order valence-electron chi connectivity index (χ3n) is 10.0. The number of aromatic nitrogens is 2. The molecule has 0 radical (unpaired) electrons. The number of halogens is 1. The molecule has 8 aromatic rings. The highest BCUT2D eigenvalue weighted by atomic mass is 35.5. The number of fused-ring (bicyclic) bond motifs is 2. The van der Waals surface area contributed by atoms with Gasteiger partial charge in [-0.1, -0.05) is 108 Å². The third-order valence-corrected chi connectivity index (χ3v) is 16.5. The van der Waals surface area contributed by atoms with E-state index in [1.54, 1.807) is 12.1 Å². The minimum Gasteiger partial charge on any atom is -0.363 e. The van der Waals surface area contributed by atoms with Gasteiger partial charge in [-0.3, -0.25) is 8.61 Å². The van der Waals surface area contributed by atoms with Crippen LogP contribution in [0.15, 0.2) is 144 Å². The number of hydrogen-bond donors (Lipinski definition) is 0. The fourth-order valence-corrected chi connectivity index (χ4v) is 12.5. The Hall–Kier alpha value is -5.31. The number of aryl methyl sites for hydroxylation is 4. The smallest absolute Gasteiger partial charge is 0.266 e.